The lowest BCUT2D eigenvalue weighted by Crippen LogP contribution is -2.37. The summed E-state index contributed by atoms with van der Waals surface area (Å²) >= 11 is 0. The predicted octanol–water partition coefficient (Wildman–Crippen LogP) is 0.411. The fourth-order valence-electron chi connectivity index (χ4n) is 1.91. The highest BCUT2D eigenvalue weighted by Gasteiger charge is 2.17. The number of hydrogen-bond donors (Lipinski definition) is 2. The maximum Gasteiger partial charge on any atom is 0.226 e. The van der Waals surface area contributed by atoms with Crippen LogP contribution in [0.15, 0.2) is 18.3 Å². The van der Waals surface area contributed by atoms with Gasteiger partial charge in [-0.1, -0.05) is 6.07 Å². The summed E-state index contributed by atoms with van der Waals surface area (Å²) in [5, 5.41) is 6.24. The van der Waals surface area contributed by atoms with Crippen molar-refractivity contribution in [2.75, 3.05) is 13.1 Å². The number of aryl methyl sites for hydroxylation is 1. The molecule has 1 aliphatic heterocycles. The Morgan fingerprint density at radius 1 is 1.69 bits per heavy atom. The molecule has 2 rings (SSSR count). The number of carbonyl (C=O) groups excluding carboxylic acids is 1. The zero-order chi connectivity index (χ0) is 11.4. The van der Waals surface area contributed by atoms with Gasteiger partial charge in [-0.2, -0.15) is 0 Å². The van der Waals surface area contributed by atoms with Crippen LogP contribution in [0.25, 0.3) is 0 Å². The van der Waals surface area contributed by atoms with Gasteiger partial charge in [0.15, 0.2) is 0 Å². The van der Waals surface area contributed by atoms with Gasteiger partial charge in [-0.25, -0.2) is 0 Å². The minimum atomic E-state index is 0.0653. The molecule has 1 aromatic rings. The summed E-state index contributed by atoms with van der Waals surface area (Å²) in [6.45, 7) is 3.85. The maximum atomic E-state index is 11.7. The van der Waals surface area contributed by atoms with E-state index >= 15 is 0 Å². The molecule has 86 valence electrons. The van der Waals surface area contributed by atoms with Crippen LogP contribution in [-0.2, 0) is 11.2 Å². The van der Waals surface area contributed by atoms with E-state index in [9.17, 15) is 4.79 Å². The van der Waals surface area contributed by atoms with E-state index in [4.69, 9.17) is 0 Å². The Morgan fingerprint density at radius 2 is 2.56 bits per heavy atom. The summed E-state index contributed by atoms with van der Waals surface area (Å²) in [5.41, 5.74) is 1.94. The molecule has 4 heteroatoms. The SMILES string of the molecule is Cc1cccnc1CC(=O)NC1CCNC1. The second-order valence-electron chi connectivity index (χ2n) is 4.20. The molecule has 1 unspecified atom stereocenters. The maximum absolute atomic E-state index is 11.7. The summed E-state index contributed by atoms with van der Waals surface area (Å²) < 4.78 is 0. The molecule has 0 spiro atoms. The highest BCUT2D eigenvalue weighted by atomic mass is 16.1. The molecule has 2 N–H and O–H groups in total. The number of aromatic nitrogens is 1. The van der Waals surface area contributed by atoms with E-state index < -0.39 is 0 Å². The van der Waals surface area contributed by atoms with Gasteiger partial charge >= 0.3 is 0 Å². The molecule has 1 amide bonds. The molecule has 1 saturated heterocycles. The van der Waals surface area contributed by atoms with Crippen LogP contribution in [0.5, 0.6) is 0 Å². The fourth-order valence-corrected chi connectivity index (χ4v) is 1.91. The van der Waals surface area contributed by atoms with E-state index in [1.54, 1.807) is 6.20 Å². The van der Waals surface area contributed by atoms with Crippen molar-refractivity contribution in [1.29, 1.82) is 0 Å². The quantitative estimate of drug-likeness (QED) is 0.774. The van der Waals surface area contributed by atoms with Gasteiger partial charge < -0.3 is 10.6 Å². The van der Waals surface area contributed by atoms with E-state index in [1.807, 2.05) is 19.1 Å². The van der Waals surface area contributed by atoms with Gasteiger partial charge in [0.25, 0.3) is 0 Å². The van der Waals surface area contributed by atoms with Crippen molar-refractivity contribution in [2.24, 2.45) is 0 Å². The third-order valence-electron chi connectivity index (χ3n) is 2.87. The molecular weight excluding hydrogens is 202 g/mol. The van der Waals surface area contributed by atoms with E-state index in [0.29, 0.717) is 6.42 Å². The second kappa shape index (κ2) is 5.07. The molecule has 1 fully saturated rings. The summed E-state index contributed by atoms with van der Waals surface area (Å²) in [6.07, 6.45) is 3.13. The van der Waals surface area contributed by atoms with Crippen LogP contribution < -0.4 is 10.6 Å². The van der Waals surface area contributed by atoms with E-state index in [2.05, 4.69) is 15.6 Å². The van der Waals surface area contributed by atoms with Gasteiger partial charge in [0.1, 0.15) is 0 Å². The smallest absolute Gasteiger partial charge is 0.226 e. The summed E-state index contributed by atoms with van der Waals surface area (Å²) in [7, 11) is 0. The monoisotopic (exact) mass is 219 g/mol. The number of pyridine rings is 1. The lowest BCUT2D eigenvalue weighted by atomic mass is 10.1. The number of nitrogens with zero attached hydrogens (tertiary/aromatic N) is 1. The van der Waals surface area contributed by atoms with Gasteiger partial charge in [0, 0.05) is 18.8 Å². The Bertz CT molecular complexity index is 372. The number of nitrogens with one attached hydrogen (secondary N) is 2. The lowest BCUT2D eigenvalue weighted by Gasteiger charge is -2.11. The van der Waals surface area contributed by atoms with Gasteiger partial charge in [-0.15, -0.1) is 0 Å². The largest absolute Gasteiger partial charge is 0.352 e. The average molecular weight is 219 g/mol. The van der Waals surface area contributed by atoms with E-state index in [0.717, 1.165) is 30.8 Å². The first-order chi connectivity index (χ1) is 7.75. The standard InChI is InChI=1S/C12H17N3O/c1-9-3-2-5-14-11(9)7-12(16)15-10-4-6-13-8-10/h2-3,5,10,13H,4,6-8H2,1H3,(H,15,16). The minimum absolute atomic E-state index is 0.0653. The highest BCUT2D eigenvalue weighted by molar-refractivity contribution is 5.78. The van der Waals surface area contributed by atoms with Gasteiger partial charge in [-0.05, 0) is 31.5 Å². The molecular formula is C12H17N3O. The third-order valence-corrected chi connectivity index (χ3v) is 2.87. The topological polar surface area (TPSA) is 54.0 Å². The van der Waals surface area contributed by atoms with Crippen LogP contribution in [0, 0.1) is 6.92 Å². The number of hydrogen-bond acceptors (Lipinski definition) is 3. The molecule has 0 saturated carbocycles. The van der Waals surface area contributed by atoms with E-state index in [-0.39, 0.29) is 11.9 Å². The van der Waals surface area contributed by atoms with Crippen molar-refractivity contribution in [2.45, 2.75) is 25.8 Å². The van der Waals surface area contributed by atoms with Crippen molar-refractivity contribution in [1.82, 2.24) is 15.6 Å². The molecule has 1 aromatic heterocycles. The van der Waals surface area contributed by atoms with E-state index in [1.165, 1.54) is 0 Å². The van der Waals surface area contributed by atoms with Crippen molar-refractivity contribution >= 4 is 5.91 Å². The average Bonchev–Trinajstić information content (AvgIpc) is 2.74. The summed E-state index contributed by atoms with van der Waals surface area (Å²) in [5.74, 6) is 0.0653. The summed E-state index contributed by atoms with van der Waals surface area (Å²) in [4.78, 5) is 16.0. The van der Waals surface area contributed by atoms with Crippen LogP contribution in [-0.4, -0.2) is 30.0 Å². The number of amides is 1. The molecule has 16 heavy (non-hydrogen) atoms. The van der Waals surface area contributed by atoms with Crippen LogP contribution >= 0.6 is 0 Å². The number of carbonyl (C=O) groups is 1. The third kappa shape index (κ3) is 2.79. The molecule has 0 aromatic carbocycles. The number of rotatable bonds is 3. The second-order valence-corrected chi connectivity index (χ2v) is 4.20. The Hall–Kier alpha value is -1.42. The van der Waals surface area contributed by atoms with Crippen molar-refractivity contribution < 1.29 is 4.79 Å². The predicted molar refractivity (Wildman–Crippen MR) is 62.1 cm³/mol. The lowest BCUT2D eigenvalue weighted by molar-refractivity contribution is -0.121. The zero-order valence-electron chi connectivity index (χ0n) is 9.49. The molecule has 0 radical (unpaired) electrons. The van der Waals surface area contributed by atoms with Crippen molar-refractivity contribution in [3.63, 3.8) is 0 Å². The fraction of sp³-hybridized carbons (Fsp3) is 0.500. The van der Waals surface area contributed by atoms with Crippen LogP contribution in [0.3, 0.4) is 0 Å². The van der Waals surface area contributed by atoms with Crippen molar-refractivity contribution in [3.05, 3.63) is 29.6 Å². The van der Waals surface area contributed by atoms with Crippen LogP contribution in [0.4, 0.5) is 0 Å². The first kappa shape index (κ1) is 11.1. The molecule has 4 nitrogen and oxygen atoms in total. The van der Waals surface area contributed by atoms with Crippen LogP contribution in [0.2, 0.25) is 0 Å². The van der Waals surface area contributed by atoms with Gasteiger partial charge in [0.2, 0.25) is 5.91 Å². The molecule has 0 aliphatic carbocycles. The molecule has 1 aliphatic rings. The Balaban J connectivity index is 1.89. The normalized spacial score (nSPS) is 19.7. The molecule has 1 atom stereocenters. The van der Waals surface area contributed by atoms with Gasteiger partial charge in [-0.3, -0.25) is 9.78 Å². The zero-order valence-corrected chi connectivity index (χ0v) is 9.49. The first-order valence-corrected chi connectivity index (χ1v) is 5.66. The molecule has 2 heterocycles. The van der Waals surface area contributed by atoms with Crippen molar-refractivity contribution in [3.8, 4) is 0 Å². The Labute approximate surface area is 95.5 Å². The first-order valence-electron chi connectivity index (χ1n) is 5.66. The minimum Gasteiger partial charge on any atom is -0.352 e. The Morgan fingerprint density at radius 3 is 3.25 bits per heavy atom. The Kier molecular flexibility index (Phi) is 3.51. The molecule has 0 bridgehead atoms. The summed E-state index contributed by atoms with van der Waals surface area (Å²) in [6, 6.07) is 4.15. The highest BCUT2D eigenvalue weighted by Crippen LogP contribution is 2.04. The van der Waals surface area contributed by atoms with Crippen LogP contribution in [0.1, 0.15) is 17.7 Å². The van der Waals surface area contributed by atoms with Gasteiger partial charge in [0.05, 0.1) is 12.1 Å².